The molecule has 1 amide bonds. The molecule has 1 aromatic heterocycles. The van der Waals surface area contributed by atoms with Crippen LogP contribution in [0.2, 0.25) is 0 Å². The molecular weight excluding hydrogens is 262 g/mol. The van der Waals surface area contributed by atoms with E-state index in [0.717, 1.165) is 48.0 Å². The number of benzene rings is 1. The minimum atomic E-state index is -0.732. The van der Waals surface area contributed by atoms with Crippen LogP contribution in [0.3, 0.4) is 0 Å². The molecule has 0 atom stereocenters. The molecule has 0 aliphatic heterocycles. The Bertz CT molecular complexity index is 675. The zero-order chi connectivity index (χ0) is 14.9. The molecule has 1 aliphatic carbocycles. The molecule has 1 aromatic carbocycles. The Balaban J connectivity index is 1.91. The SMILES string of the molecule is Cc1ccc2cccc(NC(=O)C3(N)CCCCC3)c2n1. The number of rotatable bonds is 2. The van der Waals surface area contributed by atoms with Crippen LogP contribution in [0.5, 0.6) is 0 Å². The number of nitrogens with one attached hydrogen (secondary N) is 1. The fourth-order valence-electron chi connectivity index (χ4n) is 3.00. The molecule has 2 aromatic rings. The van der Waals surface area contributed by atoms with Crippen LogP contribution in [0.25, 0.3) is 10.9 Å². The number of pyridine rings is 1. The molecule has 3 rings (SSSR count). The van der Waals surface area contributed by atoms with Crippen LogP contribution in [0.1, 0.15) is 37.8 Å². The number of aromatic nitrogens is 1. The Hall–Kier alpha value is -1.94. The molecule has 1 heterocycles. The highest BCUT2D eigenvalue weighted by atomic mass is 16.2. The molecule has 0 unspecified atom stereocenters. The van der Waals surface area contributed by atoms with Gasteiger partial charge in [0.1, 0.15) is 0 Å². The van der Waals surface area contributed by atoms with Crippen LogP contribution in [-0.4, -0.2) is 16.4 Å². The highest BCUT2D eigenvalue weighted by Crippen LogP contribution is 2.28. The van der Waals surface area contributed by atoms with Gasteiger partial charge in [-0.3, -0.25) is 9.78 Å². The Morgan fingerprint density at radius 1 is 1.19 bits per heavy atom. The van der Waals surface area contributed by atoms with Crippen LogP contribution in [0.15, 0.2) is 30.3 Å². The lowest BCUT2D eigenvalue weighted by molar-refractivity contribution is -0.122. The fourth-order valence-corrected chi connectivity index (χ4v) is 3.00. The third-order valence-corrected chi connectivity index (χ3v) is 4.31. The first-order valence-electron chi connectivity index (χ1n) is 7.55. The van der Waals surface area contributed by atoms with E-state index in [0.29, 0.717) is 0 Å². The zero-order valence-corrected chi connectivity index (χ0v) is 12.4. The Morgan fingerprint density at radius 3 is 2.71 bits per heavy atom. The highest BCUT2D eigenvalue weighted by Gasteiger charge is 2.35. The van der Waals surface area contributed by atoms with Crippen LogP contribution in [0.4, 0.5) is 5.69 Å². The van der Waals surface area contributed by atoms with Crippen molar-refractivity contribution in [2.75, 3.05) is 5.32 Å². The van der Waals surface area contributed by atoms with Gasteiger partial charge in [-0.15, -0.1) is 0 Å². The Kier molecular flexibility index (Phi) is 3.64. The number of amides is 1. The largest absolute Gasteiger partial charge is 0.323 e. The number of carbonyl (C=O) groups excluding carboxylic acids is 1. The van der Waals surface area contributed by atoms with Crippen molar-refractivity contribution in [2.45, 2.75) is 44.6 Å². The topological polar surface area (TPSA) is 68.0 Å². The van der Waals surface area contributed by atoms with Gasteiger partial charge in [0.2, 0.25) is 5.91 Å². The Labute approximate surface area is 124 Å². The van der Waals surface area contributed by atoms with E-state index in [2.05, 4.69) is 10.3 Å². The second kappa shape index (κ2) is 5.45. The van der Waals surface area contributed by atoms with Crippen LogP contribution >= 0.6 is 0 Å². The predicted octanol–water partition coefficient (Wildman–Crippen LogP) is 3.14. The summed E-state index contributed by atoms with van der Waals surface area (Å²) in [6.45, 7) is 1.95. The van der Waals surface area contributed by atoms with E-state index in [1.54, 1.807) is 0 Å². The second-order valence-electron chi connectivity index (χ2n) is 6.00. The molecule has 1 aliphatic rings. The van der Waals surface area contributed by atoms with Gasteiger partial charge in [0.05, 0.1) is 16.7 Å². The number of carbonyl (C=O) groups is 1. The lowest BCUT2D eigenvalue weighted by atomic mass is 9.82. The first-order valence-corrected chi connectivity index (χ1v) is 7.55. The van der Waals surface area contributed by atoms with Crippen molar-refractivity contribution < 1.29 is 4.79 Å². The standard InChI is InChI=1S/C17H21N3O/c1-12-8-9-13-6-5-7-14(15(13)19-12)20-16(21)17(18)10-3-2-4-11-17/h5-9H,2-4,10-11,18H2,1H3,(H,20,21). The van der Waals surface area contributed by atoms with Crippen LogP contribution in [0, 0.1) is 6.92 Å². The molecule has 4 heteroatoms. The number of hydrogen-bond acceptors (Lipinski definition) is 3. The average molecular weight is 283 g/mol. The molecular formula is C17H21N3O. The van der Waals surface area contributed by atoms with Crippen molar-refractivity contribution in [3.8, 4) is 0 Å². The van der Waals surface area contributed by atoms with Gasteiger partial charge in [0.15, 0.2) is 0 Å². The van der Waals surface area contributed by atoms with Gasteiger partial charge in [-0.05, 0) is 31.9 Å². The number of hydrogen-bond donors (Lipinski definition) is 2. The van der Waals surface area contributed by atoms with Crippen molar-refractivity contribution >= 4 is 22.5 Å². The normalized spacial score (nSPS) is 17.6. The first-order chi connectivity index (χ1) is 10.1. The van der Waals surface area contributed by atoms with E-state index in [9.17, 15) is 4.79 Å². The van der Waals surface area contributed by atoms with E-state index in [1.807, 2.05) is 37.3 Å². The lowest BCUT2D eigenvalue weighted by Gasteiger charge is -2.31. The van der Waals surface area contributed by atoms with Crippen molar-refractivity contribution in [1.29, 1.82) is 0 Å². The quantitative estimate of drug-likeness (QED) is 0.889. The first kappa shape index (κ1) is 14.0. The molecule has 0 radical (unpaired) electrons. The van der Waals surface area contributed by atoms with Crippen molar-refractivity contribution in [3.63, 3.8) is 0 Å². The van der Waals surface area contributed by atoms with Gasteiger partial charge in [-0.2, -0.15) is 0 Å². The second-order valence-corrected chi connectivity index (χ2v) is 6.00. The minimum absolute atomic E-state index is 0.0852. The minimum Gasteiger partial charge on any atom is -0.323 e. The third kappa shape index (κ3) is 2.76. The van der Waals surface area contributed by atoms with Crippen molar-refractivity contribution in [2.24, 2.45) is 5.73 Å². The number of nitrogens with two attached hydrogens (primary N) is 1. The molecule has 21 heavy (non-hydrogen) atoms. The van der Waals surface area contributed by atoms with Gasteiger partial charge in [-0.25, -0.2) is 0 Å². The lowest BCUT2D eigenvalue weighted by Crippen LogP contribution is -2.52. The third-order valence-electron chi connectivity index (χ3n) is 4.31. The molecule has 1 fully saturated rings. The molecule has 110 valence electrons. The average Bonchev–Trinajstić information content (AvgIpc) is 2.48. The number of anilines is 1. The van der Waals surface area contributed by atoms with Gasteiger partial charge < -0.3 is 11.1 Å². The van der Waals surface area contributed by atoms with Crippen LogP contribution in [-0.2, 0) is 4.79 Å². The van der Waals surface area contributed by atoms with E-state index >= 15 is 0 Å². The molecule has 3 N–H and O–H groups in total. The van der Waals surface area contributed by atoms with E-state index < -0.39 is 5.54 Å². The summed E-state index contributed by atoms with van der Waals surface area (Å²) in [4.78, 5) is 17.1. The predicted molar refractivity (Wildman–Crippen MR) is 85.1 cm³/mol. The highest BCUT2D eigenvalue weighted by molar-refractivity contribution is 6.04. The van der Waals surface area contributed by atoms with E-state index in [1.165, 1.54) is 6.42 Å². The summed E-state index contributed by atoms with van der Waals surface area (Å²) in [6.07, 6.45) is 4.74. The number of fused-ring (bicyclic) bond motifs is 1. The monoisotopic (exact) mass is 283 g/mol. The number of para-hydroxylation sites is 1. The summed E-state index contributed by atoms with van der Waals surface area (Å²) in [6, 6.07) is 9.81. The molecule has 1 saturated carbocycles. The van der Waals surface area contributed by atoms with Crippen LogP contribution < -0.4 is 11.1 Å². The fraction of sp³-hybridized carbons (Fsp3) is 0.412. The summed E-state index contributed by atoms with van der Waals surface area (Å²) in [5.41, 5.74) is 8.07. The summed E-state index contributed by atoms with van der Waals surface area (Å²) < 4.78 is 0. The summed E-state index contributed by atoms with van der Waals surface area (Å²) >= 11 is 0. The van der Waals surface area contributed by atoms with E-state index in [-0.39, 0.29) is 5.91 Å². The van der Waals surface area contributed by atoms with Crippen molar-refractivity contribution in [1.82, 2.24) is 4.98 Å². The zero-order valence-electron chi connectivity index (χ0n) is 12.4. The smallest absolute Gasteiger partial charge is 0.244 e. The maximum atomic E-state index is 12.6. The Morgan fingerprint density at radius 2 is 1.95 bits per heavy atom. The molecule has 0 bridgehead atoms. The number of nitrogens with zero attached hydrogens (tertiary/aromatic N) is 1. The molecule has 0 spiro atoms. The maximum absolute atomic E-state index is 12.6. The summed E-state index contributed by atoms with van der Waals surface area (Å²) in [7, 11) is 0. The number of aryl methyl sites for hydroxylation is 1. The van der Waals surface area contributed by atoms with E-state index in [4.69, 9.17) is 5.73 Å². The maximum Gasteiger partial charge on any atom is 0.244 e. The molecule has 4 nitrogen and oxygen atoms in total. The summed E-state index contributed by atoms with van der Waals surface area (Å²) in [5, 5.41) is 4.02. The van der Waals surface area contributed by atoms with Crippen molar-refractivity contribution in [3.05, 3.63) is 36.0 Å². The molecule has 0 saturated heterocycles. The van der Waals surface area contributed by atoms with Gasteiger partial charge in [0.25, 0.3) is 0 Å². The van der Waals surface area contributed by atoms with Gasteiger partial charge in [0, 0.05) is 11.1 Å². The van der Waals surface area contributed by atoms with Gasteiger partial charge >= 0.3 is 0 Å². The van der Waals surface area contributed by atoms with Gasteiger partial charge in [-0.1, -0.05) is 37.5 Å². The summed E-state index contributed by atoms with van der Waals surface area (Å²) in [5.74, 6) is -0.0852.